The summed E-state index contributed by atoms with van der Waals surface area (Å²) in [6.07, 6.45) is 1.06. The van der Waals surface area contributed by atoms with Gasteiger partial charge >= 0.3 is 5.97 Å². The number of hydrogen-bond acceptors (Lipinski definition) is 3. The van der Waals surface area contributed by atoms with Crippen molar-refractivity contribution in [3.8, 4) is 0 Å². The topological polar surface area (TPSA) is 50.4 Å². The molecule has 2 aromatic rings. The smallest absolute Gasteiger partial charge is 0.305 e. The Kier molecular flexibility index (Phi) is 7.23. The molecule has 0 atom stereocenters. The Hall–Kier alpha value is -2.40. The van der Waals surface area contributed by atoms with E-state index >= 15 is 0 Å². The van der Waals surface area contributed by atoms with Crippen molar-refractivity contribution in [1.82, 2.24) is 10.6 Å². The van der Waals surface area contributed by atoms with E-state index in [1.54, 1.807) is 0 Å². The number of methoxy groups -OCH3 is 1. The van der Waals surface area contributed by atoms with Crippen LogP contribution in [0.25, 0.3) is 0 Å². The number of carbonyl (C=O) groups is 1. The molecule has 0 aliphatic rings. The molecule has 2 aromatic carbocycles. The van der Waals surface area contributed by atoms with Gasteiger partial charge in [0.05, 0.1) is 13.2 Å². The monoisotopic (exact) mass is 342 g/mol. The molecule has 0 aliphatic carbocycles. The minimum absolute atomic E-state index is 0.0204. The summed E-state index contributed by atoms with van der Waals surface area (Å²) >= 11 is 5.40. The zero-order chi connectivity index (χ0) is 17.2. The lowest BCUT2D eigenvalue weighted by atomic mass is 9.99. The molecule has 0 radical (unpaired) electrons. The molecule has 0 amide bonds. The first-order chi connectivity index (χ1) is 11.7. The molecule has 0 fully saturated rings. The highest BCUT2D eigenvalue weighted by Gasteiger charge is 2.14. The van der Waals surface area contributed by atoms with Crippen LogP contribution in [0.5, 0.6) is 0 Å². The summed E-state index contributed by atoms with van der Waals surface area (Å²) in [7, 11) is 1.40. The Balaban J connectivity index is 1.96. The van der Waals surface area contributed by atoms with Gasteiger partial charge in [0.15, 0.2) is 5.11 Å². The summed E-state index contributed by atoms with van der Waals surface area (Å²) in [6, 6.07) is 20.3. The van der Waals surface area contributed by atoms with Crippen LogP contribution >= 0.6 is 12.2 Å². The second kappa shape index (κ2) is 9.67. The van der Waals surface area contributed by atoms with E-state index in [0.29, 0.717) is 24.5 Å². The van der Waals surface area contributed by atoms with E-state index in [1.165, 1.54) is 7.11 Å². The zero-order valence-electron chi connectivity index (χ0n) is 13.7. The SMILES string of the molecule is COC(=O)CCCNC(=S)NC(c1ccccc1)c1ccccc1. The molecular formula is C19H22N2O2S. The Morgan fingerprint density at radius 1 is 1.04 bits per heavy atom. The molecule has 0 saturated heterocycles. The second-order valence-corrected chi connectivity index (χ2v) is 5.74. The van der Waals surface area contributed by atoms with E-state index in [0.717, 1.165) is 11.1 Å². The number of esters is 1. The standard InChI is InChI=1S/C19H22N2O2S/c1-23-17(22)13-8-14-20-19(24)21-18(15-9-4-2-5-10-15)16-11-6-3-7-12-16/h2-7,9-12,18H,8,13-14H2,1H3,(H2,20,21,24). The maximum Gasteiger partial charge on any atom is 0.305 e. The van der Waals surface area contributed by atoms with Gasteiger partial charge in [0.1, 0.15) is 0 Å². The average Bonchev–Trinajstić information content (AvgIpc) is 2.64. The number of rotatable bonds is 7. The third-order valence-corrected chi connectivity index (χ3v) is 3.87. The van der Waals surface area contributed by atoms with Gasteiger partial charge in [-0.15, -0.1) is 0 Å². The number of hydrogen-bond donors (Lipinski definition) is 2. The van der Waals surface area contributed by atoms with Crippen molar-refractivity contribution >= 4 is 23.3 Å². The fraction of sp³-hybridized carbons (Fsp3) is 0.263. The number of nitrogens with one attached hydrogen (secondary N) is 2. The van der Waals surface area contributed by atoms with E-state index in [-0.39, 0.29) is 12.0 Å². The molecule has 126 valence electrons. The fourth-order valence-corrected chi connectivity index (χ4v) is 2.59. The minimum Gasteiger partial charge on any atom is -0.469 e. The molecule has 2 N–H and O–H groups in total. The largest absolute Gasteiger partial charge is 0.469 e. The molecule has 24 heavy (non-hydrogen) atoms. The Bertz CT molecular complexity index is 607. The highest BCUT2D eigenvalue weighted by atomic mass is 32.1. The highest BCUT2D eigenvalue weighted by Crippen LogP contribution is 2.21. The number of thiocarbonyl (C=S) groups is 1. The molecule has 0 aliphatic heterocycles. The Morgan fingerprint density at radius 3 is 2.08 bits per heavy atom. The molecule has 4 nitrogen and oxygen atoms in total. The predicted molar refractivity (Wildman–Crippen MR) is 99.7 cm³/mol. The third-order valence-electron chi connectivity index (χ3n) is 3.61. The van der Waals surface area contributed by atoms with Gasteiger partial charge < -0.3 is 15.4 Å². The van der Waals surface area contributed by atoms with E-state index in [4.69, 9.17) is 12.2 Å². The van der Waals surface area contributed by atoms with Crippen LogP contribution in [0.3, 0.4) is 0 Å². The van der Waals surface area contributed by atoms with Crippen molar-refractivity contribution in [2.75, 3.05) is 13.7 Å². The highest BCUT2D eigenvalue weighted by molar-refractivity contribution is 7.80. The zero-order valence-corrected chi connectivity index (χ0v) is 14.5. The first kappa shape index (κ1) is 17.9. The van der Waals surface area contributed by atoms with Gasteiger partial charge in [-0.2, -0.15) is 0 Å². The number of ether oxygens (including phenoxy) is 1. The fourth-order valence-electron chi connectivity index (χ4n) is 2.37. The van der Waals surface area contributed by atoms with Gasteiger partial charge in [0.2, 0.25) is 0 Å². The normalized spacial score (nSPS) is 10.2. The maximum absolute atomic E-state index is 11.1. The maximum atomic E-state index is 11.1. The van der Waals surface area contributed by atoms with Crippen LogP contribution < -0.4 is 10.6 Å². The van der Waals surface area contributed by atoms with Crippen LogP contribution in [0.15, 0.2) is 60.7 Å². The van der Waals surface area contributed by atoms with Crippen molar-refractivity contribution in [3.63, 3.8) is 0 Å². The van der Waals surface area contributed by atoms with E-state index in [1.807, 2.05) is 36.4 Å². The van der Waals surface area contributed by atoms with Crippen LogP contribution in [0, 0.1) is 0 Å². The molecule has 0 spiro atoms. The van der Waals surface area contributed by atoms with Gasteiger partial charge in [-0.25, -0.2) is 0 Å². The summed E-state index contributed by atoms with van der Waals surface area (Å²) in [5.74, 6) is -0.206. The van der Waals surface area contributed by atoms with Crippen molar-refractivity contribution in [3.05, 3.63) is 71.8 Å². The van der Waals surface area contributed by atoms with Crippen molar-refractivity contribution in [2.24, 2.45) is 0 Å². The molecule has 0 heterocycles. The third kappa shape index (κ3) is 5.66. The first-order valence-electron chi connectivity index (χ1n) is 7.92. The van der Waals surface area contributed by atoms with Crippen molar-refractivity contribution in [2.45, 2.75) is 18.9 Å². The summed E-state index contributed by atoms with van der Waals surface area (Å²) in [4.78, 5) is 11.1. The summed E-state index contributed by atoms with van der Waals surface area (Å²) in [6.45, 7) is 0.622. The predicted octanol–water partition coefficient (Wildman–Crippen LogP) is 3.19. The molecule has 5 heteroatoms. The van der Waals surface area contributed by atoms with Crippen LogP contribution in [-0.4, -0.2) is 24.7 Å². The van der Waals surface area contributed by atoms with Crippen molar-refractivity contribution < 1.29 is 9.53 Å². The number of carbonyl (C=O) groups excluding carboxylic acids is 1. The van der Waals surface area contributed by atoms with E-state index in [9.17, 15) is 4.79 Å². The average molecular weight is 342 g/mol. The lowest BCUT2D eigenvalue weighted by Gasteiger charge is -2.22. The number of benzene rings is 2. The molecule has 0 unspecified atom stereocenters. The molecular weight excluding hydrogens is 320 g/mol. The minimum atomic E-state index is -0.206. The van der Waals surface area contributed by atoms with E-state index < -0.39 is 0 Å². The molecule has 0 bridgehead atoms. The molecule has 0 saturated carbocycles. The lowest BCUT2D eigenvalue weighted by Crippen LogP contribution is -2.38. The Morgan fingerprint density at radius 2 is 1.58 bits per heavy atom. The van der Waals surface area contributed by atoms with Crippen LogP contribution in [0.2, 0.25) is 0 Å². The summed E-state index contributed by atoms with van der Waals surface area (Å²) < 4.78 is 4.62. The first-order valence-corrected chi connectivity index (χ1v) is 8.32. The second-order valence-electron chi connectivity index (χ2n) is 5.33. The Labute approximate surface area is 148 Å². The van der Waals surface area contributed by atoms with Gasteiger partial charge in [0.25, 0.3) is 0 Å². The van der Waals surface area contributed by atoms with Crippen LogP contribution in [0.4, 0.5) is 0 Å². The molecule has 0 aromatic heterocycles. The summed E-state index contributed by atoms with van der Waals surface area (Å²) in [5, 5.41) is 7.07. The quantitative estimate of drug-likeness (QED) is 0.460. The van der Waals surface area contributed by atoms with Gasteiger partial charge in [-0.3, -0.25) is 4.79 Å². The lowest BCUT2D eigenvalue weighted by molar-refractivity contribution is -0.140. The van der Waals surface area contributed by atoms with Gasteiger partial charge in [-0.1, -0.05) is 60.7 Å². The molecule has 2 rings (SSSR count). The summed E-state index contributed by atoms with van der Waals surface area (Å²) in [5.41, 5.74) is 2.28. The van der Waals surface area contributed by atoms with E-state index in [2.05, 4.69) is 39.6 Å². The van der Waals surface area contributed by atoms with Crippen LogP contribution in [-0.2, 0) is 9.53 Å². The van der Waals surface area contributed by atoms with Gasteiger partial charge in [-0.05, 0) is 29.8 Å². The van der Waals surface area contributed by atoms with Crippen molar-refractivity contribution in [1.29, 1.82) is 0 Å². The van der Waals surface area contributed by atoms with Crippen LogP contribution in [0.1, 0.15) is 30.0 Å². The van der Waals surface area contributed by atoms with Gasteiger partial charge in [0, 0.05) is 13.0 Å².